The third kappa shape index (κ3) is 3.71. The number of amides is 2. The average molecular weight is 345 g/mol. The van der Waals surface area contributed by atoms with E-state index in [-0.39, 0.29) is 17.9 Å². The zero-order chi connectivity index (χ0) is 18.0. The summed E-state index contributed by atoms with van der Waals surface area (Å²) in [6, 6.07) is 7.34. The van der Waals surface area contributed by atoms with E-state index in [0.717, 1.165) is 12.2 Å². The molecular formula is C20H29N2O3+. The van der Waals surface area contributed by atoms with E-state index < -0.39 is 0 Å². The smallest absolute Gasteiger partial charge is 0.292 e. The molecule has 1 saturated carbocycles. The highest BCUT2D eigenvalue weighted by atomic mass is 16.5. The summed E-state index contributed by atoms with van der Waals surface area (Å²) in [5.41, 5.74) is 0.638. The second-order valence-corrected chi connectivity index (χ2v) is 7.43. The number of carbonyl (C=O) groups is 2. The molecule has 2 aliphatic rings. The maximum atomic E-state index is 12.8. The first kappa shape index (κ1) is 17.9. The molecular weight excluding hydrogens is 316 g/mol. The Kier molecular flexibility index (Phi) is 5.42. The van der Waals surface area contributed by atoms with Crippen molar-refractivity contribution in [1.82, 2.24) is 0 Å². The summed E-state index contributed by atoms with van der Waals surface area (Å²) in [6.07, 6.45) is 3.90. The van der Waals surface area contributed by atoms with Gasteiger partial charge >= 0.3 is 0 Å². The summed E-state index contributed by atoms with van der Waals surface area (Å²) < 4.78 is 5.43. The number of rotatable bonds is 5. The summed E-state index contributed by atoms with van der Waals surface area (Å²) in [5, 5.41) is 2.16. The van der Waals surface area contributed by atoms with Crippen LogP contribution in [-0.2, 0) is 9.59 Å². The van der Waals surface area contributed by atoms with Crippen molar-refractivity contribution in [3.05, 3.63) is 24.3 Å². The van der Waals surface area contributed by atoms with Crippen molar-refractivity contribution in [2.24, 2.45) is 11.8 Å². The lowest BCUT2D eigenvalue weighted by molar-refractivity contribution is -0.716. The molecule has 1 aromatic carbocycles. The summed E-state index contributed by atoms with van der Waals surface area (Å²) in [5.74, 6) is 1.82. The van der Waals surface area contributed by atoms with Gasteiger partial charge in [0.15, 0.2) is 6.04 Å². The van der Waals surface area contributed by atoms with E-state index in [1.807, 2.05) is 6.92 Å². The second kappa shape index (κ2) is 7.56. The Morgan fingerprint density at radius 3 is 2.56 bits per heavy atom. The molecule has 0 aromatic heterocycles. The molecule has 3 rings (SSSR count). The molecule has 5 heteroatoms. The zero-order valence-corrected chi connectivity index (χ0v) is 15.4. The lowest BCUT2D eigenvalue weighted by atomic mass is 9.78. The molecule has 0 radical (unpaired) electrons. The molecule has 2 N–H and O–H groups in total. The maximum Gasteiger partial charge on any atom is 0.292 e. The first-order valence-electron chi connectivity index (χ1n) is 9.46. The number of ether oxygens (including phenoxy) is 1. The Hall–Kier alpha value is -1.88. The molecule has 4 atom stereocenters. The van der Waals surface area contributed by atoms with Crippen LogP contribution in [0.4, 0.5) is 5.69 Å². The fraction of sp³-hybridized carbons (Fsp3) is 0.600. The number of nitrogens with two attached hydrogens (primary N) is 1. The summed E-state index contributed by atoms with van der Waals surface area (Å²) in [4.78, 5) is 26.6. The first-order valence-corrected chi connectivity index (χ1v) is 9.46. The van der Waals surface area contributed by atoms with Crippen molar-refractivity contribution in [2.45, 2.75) is 58.5 Å². The monoisotopic (exact) mass is 345 g/mol. The molecule has 0 unspecified atom stereocenters. The topological polar surface area (TPSA) is 63.2 Å². The molecule has 1 saturated heterocycles. The minimum absolute atomic E-state index is 0.0837. The van der Waals surface area contributed by atoms with Crippen LogP contribution < -0.4 is 15.0 Å². The van der Waals surface area contributed by atoms with Crippen LogP contribution in [0, 0.1) is 11.8 Å². The Morgan fingerprint density at radius 1 is 1.16 bits per heavy atom. The van der Waals surface area contributed by atoms with Crippen LogP contribution in [0.15, 0.2) is 24.3 Å². The van der Waals surface area contributed by atoms with Crippen molar-refractivity contribution >= 4 is 17.5 Å². The minimum Gasteiger partial charge on any atom is -0.494 e. The molecule has 0 spiro atoms. The fourth-order valence-electron chi connectivity index (χ4n) is 4.13. The number of imide groups is 1. The highest BCUT2D eigenvalue weighted by Crippen LogP contribution is 2.29. The Balaban J connectivity index is 1.69. The predicted molar refractivity (Wildman–Crippen MR) is 96.4 cm³/mol. The van der Waals surface area contributed by atoms with Gasteiger partial charge in [-0.05, 0) is 56.4 Å². The standard InChI is InChI=1S/C20H28N2O3/c1-4-25-16-10-8-15(9-11-16)22-19(23)12-18(20(22)24)21-17-7-5-6-13(2)14(17)3/h8-11,13-14,17-18,21H,4-7,12H2,1-3H3/p+1/t13-,14-,17+,18+/m0/s1. The summed E-state index contributed by atoms with van der Waals surface area (Å²) in [7, 11) is 0. The van der Waals surface area contributed by atoms with Gasteiger partial charge in [0.05, 0.1) is 24.8 Å². The van der Waals surface area contributed by atoms with Crippen molar-refractivity contribution in [1.29, 1.82) is 0 Å². The highest BCUT2D eigenvalue weighted by Gasteiger charge is 2.44. The predicted octanol–water partition coefficient (Wildman–Crippen LogP) is 2.11. The molecule has 136 valence electrons. The van der Waals surface area contributed by atoms with E-state index in [9.17, 15) is 9.59 Å². The van der Waals surface area contributed by atoms with Crippen LogP contribution in [0.3, 0.4) is 0 Å². The Morgan fingerprint density at radius 2 is 1.88 bits per heavy atom. The van der Waals surface area contributed by atoms with E-state index in [1.165, 1.54) is 17.7 Å². The van der Waals surface area contributed by atoms with Crippen LogP contribution in [-0.4, -0.2) is 30.5 Å². The third-order valence-electron chi connectivity index (χ3n) is 5.84. The molecule has 2 amide bonds. The van der Waals surface area contributed by atoms with Gasteiger partial charge in [0, 0.05) is 5.92 Å². The van der Waals surface area contributed by atoms with Gasteiger partial charge in [0.1, 0.15) is 5.75 Å². The molecule has 2 fully saturated rings. The van der Waals surface area contributed by atoms with Crippen LogP contribution >= 0.6 is 0 Å². The third-order valence-corrected chi connectivity index (χ3v) is 5.84. The number of anilines is 1. The van der Waals surface area contributed by atoms with Crippen molar-refractivity contribution in [2.75, 3.05) is 11.5 Å². The van der Waals surface area contributed by atoms with Gasteiger partial charge in [-0.2, -0.15) is 0 Å². The minimum atomic E-state index is -0.281. The van der Waals surface area contributed by atoms with Gasteiger partial charge in [-0.25, -0.2) is 4.90 Å². The first-order chi connectivity index (χ1) is 12.0. The number of hydrogen-bond acceptors (Lipinski definition) is 3. The number of hydrogen-bond donors (Lipinski definition) is 1. The second-order valence-electron chi connectivity index (χ2n) is 7.43. The van der Waals surface area contributed by atoms with Gasteiger partial charge in [-0.3, -0.25) is 9.59 Å². The highest BCUT2D eigenvalue weighted by molar-refractivity contribution is 6.21. The van der Waals surface area contributed by atoms with E-state index in [4.69, 9.17) is 4.74 Å². The van der Waals surface area contributed by atoms with Crippen LogP contribution in [0.5, 0.6) is 5.75 Å². The van der Waals surface area contributed by atoms with Crippen molar-refractivity contribution in [3.8, 4) is 5.75 Å². The SMILES string of the molecule is CCOc1ccc(N2C(=O)C[C@@H]([NH2+][C@@H]3CCC[C@H](C)[C@@H]3C)C2=O)cc1. The van der Waals surface area contributed by atoms with Crippen molar-refractivity contribution < 1.29 is 19.6 Å². The lowest BCUT2D eigenvalue weighted by Crippen LogP contribution is -2.97. The molecule has 25 heavy (non-hydrogen) atoms. The normalized spacial score (nSPS) is 30.0. The van der Waals surface area contributed by atoms with Crippen LogP contribution in [0.2, 0.25) is 0 Å². The van der Waals surface area contributed by atoms with Gasteiger partial charge in [-0.1, -0.05) is 13.8 Å². The molecule has 0 bridgehead atoms. The quantitative estimate of drug-likeness (QED) is 0.832. The lowest BCUT2D eigenvalue weighted by Gasteiger charge is -2.33. The molecule has 1 aliphatic heterocycles. The number of carbonyl (C=O) groups excluding carboxylic acids is 2. The van der Waals surface area contributed by atoms with E-state index in [2.05, 4.69) is 19.2 Å². The van der Waals surface area contributed by atoms with Gasteiger partial charge in [-0.15, -0.1) is 0 Å². The number of benzene rings is 1. The van der Waals surface area contributed by atoms with Gasteiger partial charge in [0.2, 0.25) is 5.91 Å². The largest absolute Gasteiger partial charge is 0.494 e. The summed E-state index contributed by atoms with van der Waals surface area (Å²) >= 11 is 0. The van der Waals surface area contributed by atoms with Gasteiger partial charge in [0.25, 0.3) is 5.91 Å². The van der Waals surface area contributed by atoms with Gasteiger partial charge < -0.3 is 10.1 Å². The average Bonchev–Trinajstić information content (AvgIpc) is 2.87. The Labute approximate surface area is 149 Å². The molecule has 1 aliphatic carbocycles. The number of quaternary nitrogens is 1. The maximum absolute atomic E-state index is 12.8. The zero-order valence-electron chi connectivity index (χ0n) is 15.4. The van der Waals surface area contributed by atoms with Crippen molar-refractivity contribution in [3.63, 3.8) is 0 Å². The van der Waals surface area contributed by atoms with Crippen LogP contribution in [0.25, 0.3) is 0 Å². The molecule has 5 nitrogen and oxygen atoms in total. The van der Waals surface area contributed by atoms with E-state index in [1.54, 1.807) is 24.3 Å². The van der Waals surface area contributed by atoms with E-state index >= 15 is 0 Å². The fourth-order valence-corrected chi connectivity index (χ4v) is 4.13. The van der Waals surface area contributed by atoms with E-state index in [0.29, 0.717) is 36.6 Å². The molecule has 1 aromatic rings. The molecule has 1 heterocycles. The Bertz CT molecular complexity index is 628. The number of nitrogens with zero attached hydrogens (tertiary/aromatic N) is 1. The summed E-state index contributed by atoms with van der Waals surface area (Å²) in [6.45, 7) is 7.08. The van der Waals surface area contributed by atoms with Crippen LogP contribution in [0.1, 0.15) is 46.5 Å².